The van der Waals surface area contributed by atoms with Crippen LogP contribution in [0.1, 0.15) is 6.92 Å². The average Bonchev–Trinajstić information content (AvgIpc) is 1.66. The van der Waals surface area contributed by atoms with Crippen molar-refractivity contribution in [3.05, 3.63) is 0 Å². The summed E-state index contributed by atoms with van der Waals surface area (Å²) in [6.45, 7) is 1.08. The van der Waals surface area contributed by atoms with E-state index >= 15 is 0 Å². The maximum atomic E-state index is 9.00. The summed E-state index contributed by atoms with van der Waals surface area (Å²) in [5.41, 5.74) is 8.94. The second-order valence-corrected chi connectivity index (χ2v) is 0.974. The zero-order valence-corrected chi connectivity index (χ0v) is 6.89. The van der Waals surface area contributed by atoms with E-state index in [1.54, 1.807) is 0 Å². The van der Waals surface area contributed by atoms with Crippen molar-refractivity contribution in [2.75, 3.05) is 0 Å². The molecule has 0 aliphatic rings. The molecule has 7 nitrogen and oxygen atoms in total. The van der Waals surface area contributed by atoms with E-state index in [4.69, 9.17) is 15.3 Å². The van der Waals surface area contributed by atoms with E-state index in [-0.39, 0.29) is 18.4 Å². The lowest BCUT2D eigenvalue weighted by Crippen LogP contribution is -2.20. The summed E-state index contributed by atoms with van der Waals surface area (Å²) < 4.78 is 0. The normalized spacial score (nSPS) is 5.00. The summed E-state index contributed by atoms with van der Waals surface area (Å²) in [6, 6.07) is 0. The molecular formula is C3H14ClN5O2. The van der Waals surface area contributed by atoms with Crippen molar-refractivity contribution in [2.45, 2.75) is 6.92 Å². The van der Waals surface area contributed by atoms with Crippen molar-refractivity contribution in [2.24, 2.45) is 23.2 Å². The van der Waals surface area contributed by atoms with Gasteiger partial charge in [0.1, 0.15) is 0 Å². The van der Waals surface area contributed by atoms with Crippen LogP contribution in [-0.2, 0) is 4.79 Å². The van der Waals surface area contributed by atoms with Gasteiger partial charge in [0.2, 0.25) is 0 Å². The lowest BCUT2D eigenvalue weighted by Gasteiger charge is -1.69. The van der Waals surface area contributed by atoms with Crippen LogP contribution in [0.25, 0.3) is 0 Å². The lowest BCUT2D eigenvalue weighted by atomic mass is 10.9. The molecule has 11 heavy (non-hydrogen) atoms. The minimum atomic E-state index is -0.833. The van der Waals surface area contributed by atoms with Gasteiger partial charge >= 0.3 is 0 Å². The number of hydrazine groups is 1. The molecule has 0 saturated carbocycles. The quantitative estimate of drug-likeness (QED) is 0.113. The second kappa shape index (κ2) is 23.1. The summed E-state index contributed by atoms with van der Waals surface area (Å²) in [6.07, 6.45) is 0. The summed E-state index contributed by atoms with van der Waals surface area (Å²) >= 11 is 0. The van der Waals surface area contributed by atoms with Gasteiger partial charge in [-0.15, -0.1) is 12.4 Å². The van der Waals surface area contributed by atoms with Crippen LogP contribution in [0.15, 0.2) is 0 Å². The van der Waals surface area contributed by atoms with Gasteiger partial charge in [0, 0.05) is 6.92 Å². The topological polar surface area (TPSA) is 165 Å². The van der Waals surface area contributed by atoms with E-state index in [1.807, 2.05) is 0 Å². The molecule has 10 N–H and O–H groups in total. The molecule has 0 aromatic heterocycles. The van der Waals surface area contributed by atoms with Crippen LogP contribution in [0, 0.1) is 5.41 Å². The number of carboxylic acids is 1. The van der Waals surface area contributed by atoms with Crippen molar-refractivity contribution < 1.29 is 9.90 Å². The lowest BCUT2D eigenvalue weighted by molar-refractivity contribution is -0.134. The van der Waals surface area contributed by atoms with Gasteiger partial charge in [-0.2, -0.15) is 0 Å². The molecule has 70 valence electrons. The van der Waals surface area contributed by atoms with E-state index in [1.165, 1.54) is 0 Å². The van der Waals surface area contributed by atoms with Crippen LogP contribution in [0.3, 0.4) is 0 Å². The fraction of sp³-hybridized carbons (Fsp3) is 0.333. The maximum Gasteiger partial charge on any atom is 0.300 e. The maximum absolute atomic E-state index is 9.00. The van der Waals surface area contributed by atoms with Gasteiger partial charge in [0.05, 0.1) is 0 Å². The number of guanidine groups is 1. The summed E-state index contributed by atoms with van der Waals surface area (Å²) in [7, 11) is 0. The Hall–Kier alpha value is -1.05. The predicted molar refractivity (Wildman–Crippen MR) is 45.0 cm³/mol. The largest absolute Gasteiger partial charge is 0.481 e. The van der Waals surface area contributed by atoms with E-state index in [2.05, 4.69) is 23.2 Å². The Labute approximate surface area is 70.6 Å². The van der Waals surface area contributed by atoms with Crippen molar-refractivity contribution in [3.8, 4) is 0 Å². The molecule has 0 fully saturated rings. The molecule has 0 aromatic carbocycles. The predicted octanol–water partition coefficient (Wildman–Crippen LogP) is -1.83. The highest BCUT2D eigenvalue weighted by Crippen LogP contribution is 1.42. The molecule has 0 spiro atoms. The third kappa shape index (κ3) is 392. The first-order chi connectivity index (χ1) is 4.46. The highest BCUT2D eigenvalue weighted by atomic mass is 35.5. The zero-order valence-electron chi connectivity index (χ0n) is 6.07. The van der Waals surface area contributed by atoms with Crippen molar-refractivity contribution in [1.82, 2.24) is 0 Å². The molecular weight excluding hydrogens is 174 g/mol. The summed E-state index contributed by atoms with van der Waals surface area (Å²) in [5.74, 6) is 6.83. The molecule has 0 aliphatic heterocycles. The molecule has 0 saturated heterocycles. The smallest absolute Gasteiger partial charge is 0.300 e. The van der Waals surface area contributed by atoms with Crippen molar-refractivity contribution in [1.29, 1.82) is 5.41 Å². The number of hydrogen-bond acceptors (Lipinski definition) is 4. The van der Waals surface area contributed by atoms with Gasteiger partial charge in [-0.25, -0.2) is 0 Å². The van der Waals surface area contributed by atoms with Gasteiger partial charge in [0.15, 0.2) is 5.96 Å². The standard InChI is InChI=1S/C2H4O2.CH5N3.ClH.H4N2/c1-2(3)4;2-1(3)4;;1-2/h1H3,(H,3,4);(H5,2,3,4);1H;1-2H2. The Bertz CT molecular complexity index is 77.7. The number of hydrogen-bond donors (Lipinski definition) is 6. The number of carboxylic acid groups (broad SMARTS) is 1. The van der Waals surface area contributed by atoms with E-state index in [0.717, 1.165) is 6.92 Å². The molecule has 0 radical (unpaired) electrons. The van der Waals surface area contributed by atoms with Crippen LogP contribution in [-0.4, -0.2) is 17.0 Å². The fourth-order valence-electron chi connectivity index (χ4n) is 0. The third-order valence-electron chi connectivity index (χ3n) is 0. The number of aliphatic carboxylic acids is 1. The molecule has 0 rings (SSSR count). The highest BCUT2D eigenvalue weighted by Gasteiger charge is 1.65. The van der Waals surface area contributed by atoms with Crippen LogP contribution in [0.4, 0.5) is 0 Å². The SMILES string of the molecule is CC(=O)O.Cl.N=C(N)N.NN. The Morgan fingerprint density at radius 2 is 1.36 bits per heavy atom. The average molecular weight is 188 g/mol. The monoisotopic (exact) mass is 187 g/mol. The zero-order chi connectivity index (χ0) is 9.15. The Kier molecular flexibility index (Phi) is 47.2. The minimum absolute atomic E-state index is 0. The Morgan fingerprint density at radius 3 is 1.36 bits per heavy atom. The Balaban J connectivity index is -0.0000000339. The van der Waals surface area contributed by atoms with Crippen LogP contribution < -0.4 is 23.2 Å². The minimum Gasteiger partial charge on any atom is -0.481 e. The van der Waals surface area contributed by atoms with Crippen molar-refractivity contribution in [3.63, 3.8) is 0 Å². The molecule has 0 aliphatic carbocycles. The summed E-state index contributed by atoms with van der Waals surface area (Å²) in [5, 5.41) is 13.5. The third-order valence-corrected chi connectivity index (χ3v) is 0. The van der Waals surface area contributed by atoms with Gasteiger partial charge in [-0.05, 0) is 0 Å². The molecule has 0 atom stereocenters. The van der Waals surface area contributed by atoms with E-state index in [9.17, 15) is 0 Å². The van der Waals surface area contributed by atoms with Gasteiger partial charge < -0.3 is 16.6 Å². The van der Waals surface area contributed by atoms with Crippen LogP contribution >= 0.6 is 12.4 Å². The van der Waals surface area contributed by atoms with Crippen LogP contribution in [0.5, 0.6) is 0 Å². The molecule has 0 heterocycles. The number of halogens is 1. The number of carbonyl (C=O) groups is 1. The first kappa shape index (κ1) is 22.5. The molecule has 0 unspecified atom stereocenters. The van der Waals surface area contributed by atoms with Crippen LogP contribution in [0.2, 0.25) is 0 Å². The van der Waals surface area contributed by atoms with Gasteiger partial charge in [-0.1, -0.05) is 0 Å². The first-order valence-electron chi connectivity index (χ1n) is 2.09. The Morgan fingerprint density at radius 1 is 1.36 bits per heavy atom. The van der Waals surface area contributed by atoms with E-state index in [0.29, 0.717) is 0 Å². The molecule has 0 bridgehead atoms. The second-order valence-electron chi connectivity index (χ2n) is 0.974. The number of nitrogens with one attached hydrogen (secondary N) is 1. The molecule has 8 heteroatoms. The molecule has 0 amide bonds. The summed E-state index contributed by atoms with van der Waals surface area (Å²) in [4.78, 5) is 9.00. The fourth-order valence-corrected chi connectivity index (χ4v) is 0. The first-order valence-corrected chi connectivity index (χ1v) is 2.09. The van der Waals surface area contributed by atoms with Gasteiger partial charge in [-0.3, -0.25) is 21.9 Å². The molecule has 0 aromatic rings. The number of rotatable bonds is 0. The van der Waals surface area contributed by atoms with Gasteiger partial charge in [0.25, 0.3) is 5.97 Å². The van der Waals surface area contributed by atoms with E-state index < -0.39 is 5.97 Å². The van der Waals surface area contributed by atoms with Crippen molar-refractivity contribution >= 4 is 24.3 Å². The highest BCUT2D eigenvalue weighted by molar-refractivity contribution is 5.85. The number of nitrogens with two attached hydrogens (primary N) is 4.